The smallest absolute Gasteiger partial charge is 0.320 e. The summed E-state index contributed by atoms with van der Waals surface area (Å²) >= 11 is 0. The first kappa shape index (κ1) is 16.0. The number of hydrogen-bond acceptors (Lipinski definition) is 4. The van der Waals surface area contributed by atoms with Gasteiger partial charge in [0.05, 0.1) is 13.2 Å². The summed E-state index contributed by atoms with van der Waals surface area (Å²) in [6.45, 7) is 4.03. The van der Waals surface area contributed by atoms with Crippen LogP contribution in [0, 0.1) is 0 Å². The van der Waals surface area contributed by atoms with Gasteiger partial charge in [-0.05, 0) is 45.2 Å². The van der Waals surface area contributed by atoms with Crippen molar-refractivity contribution in [3.63, 3.8) is 0 Å². The van der Waals surface area contributed by atoms with Gasteiger partial charge < -0.3 is 15.2 Å². The fourth-order valence-corrected chi connectivity index (χ4v) is 1.55. The van der Waals surface area contributed by atoms with E-state index in [1.807, 2.05) is 6.92 Å². The standard InChI is InChI=1S/C14H20N2O4/c1-4-20-12-7-5-11(6-8-12)15-13(17)9-16(3)10(2)14(18)19/h5-8,10H,4,9H2,1-3H3,(H,15,17)(H,18,19). The van der Waals surface area contributed by atoms with E-state index in [0.717, 1.165) is 5.75 Å². The van der Waals surface area contributed by atoms with E-state index >= 15 is 0 Å². The molecule has 2 N–H and O–H groups in total. The van der Waals surface area contributed by atoms with Crippen molar-refractivity contribution in [2.45, 2.75) is 19.9 Å². The van der Waals surface area contributed by atoms with Gasteiger partial charge in [-0.25, -0.2) is 0 Å². The number of amides is 1. The molecule has 0 aliphatic rings. The Kier molecular flexibility index (Phi) is 5.99. The number of carboxylic acid groups (broad SMARTS) is 1. The van der Waals surface area contributed by atoms with Gasteiger partial charge in [-0.15, -0.1) is 0 Å². The zero-order valence-corrected chi connectivity index (χ0v) is 11.9. The Morgan fingerprint density at radius 2 is 1.95 bits per heavy atom. The molecule has 20 heavy (non-hydrogen) atoms. The first-order valence-electron chi connectivity index (χ1n) is 6.39. The SMILES string of the molecule is CCOc1ccc(NC(=O)CN(C)C(C)C(=O)O)cc1. The second-order valence-corrected chi connectivity index (χ2v) is 4.43. The second-order valence-electron chi connectivity index (χ2n) is 4.43. The van der Waals surface area contributed by atoms with E-state index in [-0.39, 0.29) is 12.5 Å². The first-order valence-corrected chi connectivity index (χ1v) is 6.39. The highest BCUT2D eigenvalue weighted by Gasteiger charge is 2.18. The van der Waals surface area contributed by atoms with E-state index < -0.39 is 12.0 Å². The van der Waals surface area contributed by atoms with Gasteiger partial charge in [0, 0.05) is 5.69 Å². The van der Waals surface area contributed by atoms with Crippen LogP contribution in [-0.4, -0.2) is 48.1 Å². The van der Waals surface area contributed by atoms with Gasteiger partial charge in [0.25, 0.3) is 0 Å². The molecule has 0 fully saturated rings. The predicted octanol–water partition coefficient (Wildman–Crippen LogP) is 1.43. The number of likely N-dealkylation sites (N-methyl/N-ethyl adjacent to an activating group) is 1. The quantitative estimate of drug-likeness (QED) is 0.790. The minimum Gasteiger partial charge on any atom is -0.494 e. The van der Waals surface area contributed by atoms with Crippen molar-refractivity contribution in [2.24, 2.45) is 0 Å². The number of anilines is 1. The average molecular weight is 280 g/mol. The molecular formula is C14H20N2O4. The topological polar surface area (TPSA) is 78.9 Å². The van der Waals surface area contributed by atoms with Gasteiger partial charge in [-0.3, -0.25) is 14.5 Å². The number of rotatable bonds is 7. The van der Waals surface area contributed by atoms with Crippen LogP contribution < -0.4 is 10.1 Å². The van der Waals surface area contributed by atoms with Crippen molar-refractivity contribution in [1.82, 2.24) is 4.90 Å². The third kappa shape index (κ3) is 4.89. The minimum atomic E-state index is -0.957. The van der Waals surface area contributed by atoms with Crippen molar-refractivity contribution in [1.29, 1.82) is 0 Å². The monoisotopic (exact) mass is 280 g/mol. The summed E-state index contributed by atoms with van der Waals surface area (Å²) in [6.07, 6.45) is 0. The summed E-state index contributed by atoms with van der Waals surface area (Å²) in [5.74, 6) is -0.478. The van der Waals surface area contributed by atoms with Gasteiger partial charge in [0.2, 0.25) is 5.91 Å². The van der Waals surface area contributed by atoms with E-state index in [1.54, 1.807) is 31.3 Å². The number of nitrogens with one attached hydrogen (secondary N) is 1. The Hall–Kier alpha value is -2.08. The van der Waals surface area contributed by atoms with E-state index in [1.165, 1.54) is 11.8 Å². The number of benzene rings is 1. The lowest BCUT2D eigenvalue weighted by Crippen LogP contribution is -2.40. The Labute approximate surface area is 118 Å². The summed E-state index contributed by atoms with van der Waals surface area (Å²) < 4.78 is 5.30. The molecule has 0 aliphatic heterocycles. The molecule has 1 amide bonds. The summed E-state index contributed by atoms with van der Waals surface area (Å²) in [5.41, 5.74) is 0.648. The maximum atomic E-state index is 11.8. The zero-order valence-electron chi connectivity index (χ0n) is 11.9. The minimum absolute atomic E-state index is 0.0146. The molecule has 1 unspecified atom stereocenters. The predicted molar refractivity (Wildman–Crippen MR) is 76.0 cm³/mol. The molecule has 110 valence electrons. The van der Waals surface area contributed by atoms with Gasteiger partial charge in [0.1, 0.15) is 11.8 Å². The maximum Gasteiger partial charge on any atom is 0.320 e. The summed E-state index contributed by atoms with van der Waals surface area (Å²) in [4.78, 5) is 24.0. The molecule has 1 aromatic carbocycles. The highest BCUT2D eigenvalue weighted by molar-refractivity contribution is 5.92. The van der Waals surface area contributed by atoms with Gasteiger partial charge in [-0.2, -0.15) is 0 Å². The van der Waals surface area contributed by atoms with Crippen LogP contribution in [0.15, 0.2) is 24.3 Å². The fraction of sp³-hybridized carbons (Fsp3) is 0.429. The second kappa shape index (κ2) is 7.49. The van der Waals surface area contributed by atoms with Crippen LogP contribution in [0.25, 0.3) is 0 Å². The Morgan fingerprint density at radius 1 is 1.35 bits per heavy atom. The number of carboxylic acids is 1. The molecule has 6 heteroatoms. The third-order valence-electron chi connectivity index (χ3n) is 2.86. The van der Waals surface area contributed by atoms with Crippen LogP contribution in [0.2, 0.25) is 0 Å². The Bertz CT molecular complexity index is 459. The molecular weight excluding hydrogens is 260 g/mol. The van der Waals surface area contributed by atoms with Crippen LogP contribution in [0.1, 0.15) is 13.8 Å². The normalized spacial score (nSPS) is 12.0. The summed E-state index contributed by atoms with van der Waals surface area (Å²) in [6, 6.07) is 6.31. The number of aliphatic carboxylic acids is 1. The molecule has 0 aromatic heterocycles. The van der Waals surface area contributed by atoms with E-state index in [9.17, 15) is 9.59 Å². The molecule has 0 bridgehead atoms. The number of carbonyl (C=O) groups excluding carboxylic acids is 1. The number of hydrogen-bond donors (Lipinski definition) is 2. The largest absolute Gasteiger partial charge is 0.494 e. The van der Waals surface area contributed by atoms with Crippen molar-refractivity contribution in [3.8, 4) is 5.75 Å². The van der Waals surface area contributed by atoms with Crippen molar-refractivity contribution < 1.29 is 19.4 Å². The van der Waals surface area contributed by atoms with Crippen LogP contribution in [-0.2, 0) is 9.59 Å². The molecule has 1 atom stereocenters. The lowest BCUT2D eigenvalue weighted by molar-refractivity contribution is -0.142. The lowest BCUT2D eigenvalue weighted by atomic mass is 10.3. The number of carbonyl (C=O) groups is 2. The van der Waals surface area contributed by atoms with Gasteiger partial charge in [-0.1, -0.05) is 0 Å². The molecule has 0 spiro atoms. The van der Waals surface area contributed by atoms with E-state index in [2.05, 4.69) is 5.32 Å². The molecule has 1 aromatic rings. The van der Waals surface area contributed by atoms with Crippen LogP contribution in [0.4, 0.5) is 5.69 Å². The Balaban J connectivity index is 2.51. The average Bonchev–Trinajstić information content (AvgIpc) is 2.40. The van der Waals surface area contributed by atoms with E-state index in [0.29, 0.717) is 12.3 Å². The fourth-order valence-electron chi connectivity index (χ4n) is 1.55. The molecule has 6 nitrogen and oxygen atoms in total. The highest BCUT2D eigenvalue weighted by atomic mass is 16.5. The summed E-state index contributed by atoms with van der Waals surface area (Å²) in [5, 5.41) is 11.6. The lowest BCUT2D eigenvalue weighted by Gasteiger charge is -2.20. The van der Waals surface area contributed by atoms with Crippen LogP contribution in [0.3, 0.4) is 0 Å². The van der Waals surface area contributed by atoms with Crippen molar-refractivity contribution in [2.75, 3.05) is 25.5 Å². The van der Waals surface area contributed by atoms with Crippen molar-refractivity contribution >= 4 is 17.6 Å². The van der Waals surface area contributed by atoms with Gasteiger partial charge >= 0.3 is 5.97 Å². The molecule has 0 saturated carbocycles. The van der Waals surface area contributed by atoms with E-state index in [4.69, 9.17) is 9.84 Å². The molecule has 0 heterocycles. The van der Waals surface area contributed by atoms with Crippen LogP contribution in [0.5, 0.6) is 5.75 Å². The Morgan fingerprint density at radius 3 is 2.45 bits per heavy atom. The summed E-state index contributed by atoms with van der Waals surface area (Å²) in [7, 11) is 1.59. The molecule has 1 rings (SSSR count). The highest BCUT2D eigenvalue weighted by Crippen LogP contribution is 2.15. The molecule has 0 saturated heterocycles. The number of ether oxygens (including phenoxy) is 1. The zero-order chi connectivity index (χ0) is 15.1. The maximum absolute atomic E-state index is 11.8. The van der Waals surface area contributed by atoms with Crippen LogP contribution >= 0.6 is 0 Å². The van der Waals surface area contributed by atoms with Crippen molar-refractivity contribution in [3.05, 3.63) is 24.3 Å². The van der Waals surface area contributed by atoms with Gasteiger partial charge in [0.15, 0.2) is 0 Å². The molecule has 0 radical (unpaired) electrons. The third-order valence-corrected chi connectivity index (χ3v) is 2.86. The molecule has 0 aliphatic carbocycles. The first-order chi connectivity index (χ1) is 9.43. The number of nitrogens with zero attached hydrogens (tertiary/aromatic N) is 1.